The minimum atomic E-state index is 0. The van der Waals surface area contributed by atoms with E-state index in [0.29, 0.717) is 18.9 Å². The first kappa shape index (κ1) is 21.4. The van der Waals surface area contributed by atoms with Crippen molar-refractivity contribution in [1.29, 1.82) is 0 Å². The summed E-state index contributed by atoms with van der Waals surface area (Å²) in [4.78, 5) is 16.1. The van der Waals surface area contributed by atoms with Gasteiger partial charge in [0.15, 0.2) is 0 Å². The molecular formula is C17H25Cl2N5O. The molecule has 0 aromatic carbocycles. The summed E-state index contributed by atoms with van der Waals surface area (Å²) in [6, 6.07) is 3.91. The van der Waals surface area contributed by atoms with Crippen molar-refractivity contribution in [1.82, 2.24) is 20.1 Å². The molecule has 0 spiro atoms. The lowest BCUT2D eigenvalue weighted by Crippen LogP contribution is -2.28. The molecule has 3 heterocycles. The number of hydrogen-bond donors (Lipinski definition) is 2. The van der Waals surface area contributed by atoms with Gasteiger partial charge in [0.2, 0.25) is 5.91 Å². The van der Waals surface area contributed by atoms with Crippen LogP contribution in [0, 0.1) is 5.92 Å². The van der Waals surface area contributed by atoms with Gasteiger partial charge in [0.05, 0.1) is 18.4 Å². The van der Waals surface area contributed by atoms with Crippen molar-refractivity contribution in [2.75, 3.05) is 18.4 Å². The van der Waals surface area contributed by atoms with Crippen molar-refractivity contribution in [3.05, 3.63) is 42.5 Å². The Morgan fingerprint density at radius 2 is 1.96 bits per heavy atom. The minimum absolute atomic E-state index is 0. The number of aromatic nitrogens is 3. The highest BCUT2D eigenvalue weighted by atomic mass is 35.5. The van der Waals surface area contributed by atoms with Gasteiger partial charge in [-0.25, -0.2) is 0 Å². The summed E-state index contributed by atoms with van der Waals surface area (Å²) < 4.78 is 1.82. The number of anilines is 1. The van der Waals surface area contributed by atoms with E-state index in [4.69, 9.17) is 0 Å². The first-order chi connectivity index (χ1) is 11.3. The third kappa shape index (κ3) is 7.02. The second kappa shape index (κ2) is 11.1. The minimum Gasteiger partial charge on any atom is -0.323 e. The molecule has 138 valence electrons. The van der Waals surface area contributed by atoms with Crippen LogP contribution < -0.4 is 10.6 Å². The highest BCUT2D eigenvalue weighted by molar-refractivity contribution is 5.90. The lowest BCUT2D eigenvalue weighted by molar-refractivity contribution is -0.116. The van der Waals surface area contributed by atoms with E-state index >= 15 is 0 Å². The van der Waals surface area contributed by atoms with Crippen molar-refractivity contribution < 1.29 is 4.79 Å². The Hall–Kier alpha value is -1.63. The standard InChI is InChI=1S/C17H23N5O.2ClH/c23-17(2-1-14-3-7-18-8-4-14)21-16-11-20-22(13-16)12-15-5-9-19-10-6-15;;/h5-6,9-11,13-14,18H,1-4,7-8,12H2,(H,21,23);2*1H. The maximum absolute atomic E-state index is 12.1. The summed E-state index contributed by atoms with van der Waals surface area (Å²) in [6.45, 7) is 2.83. The highest BCUT2D eigenvalue weighted by Gasteiger charge is 2.14. The van der Waals surface area contributed by atoms with Gasteiger partial charge >= 0.3 is 0 Å². The molecular weight excluding hydrogens is 361 g/mol. The zero-order valence-corrected chi connectivity index (χ0v) is 15.7. The Balaban J connectivity index is 0.00000156. The van der Waals surface area contributed by atoms with Crippen LogP contribution in [0.1, 0.15) is 31.2 Å². The summed E-state index contributed by atoms with van der Waals surface area (Å²) in [5, 5.41) is 10.6. The molecule has 2 N–H and O–H groups in total. The van der Waals surface area contributed by atoms with Crippen molar-refractivity contribution in [2.45, 2.75) is 32.2 Å². The Morgan fingerprint density at radius 3 is 2.68 bits per heavy atom. The zero-order chi connectivity index (χ0) is 15.9. The van der Waals surface area contributed by atoms with Gasteiger partial charge in [-0.1, -0.05) is 0 Å². The van der Waals surface area contributed by atoms with Crippen molar-refractivity contribution >= 4 is 36.4 Å². The van der Waals surface area contributed by atoms with Crippen LogP contribution in [0.25, 0.3) is 0 Å². The maximum atomic E-state index is 12.1. The molecule has 8 heteroatoms. The van der Waals surface area contributed by atoms with E-state index in [1.165, 1.54) is 12.8 Å². The van der Waals surface area contributed by atoms with Gasteiger partial charge in [-0.2, -0.15) is 5.10 Å². The van der Waals surface area contributed by atoms with Crippen LogP contribution in [0.5, 0.6) is 0 Å². The molecule has 6 nitrogen and oxygen atoms in total. The van der Waals surface area contributed by atoms with E-state index in [0.717, 1.165) is 30.8 Å². The summed E-state index contributed by atoms with van der Waals surface area (Å²) in [7, 11) is 0. The van der Waals surface area contributed by atoms with Crippen LogP contribution in [-0.2, 0) is 11.3 Å². The number of nitrogens with zero attached hydrogens (tertiary/aromatic N) is 3. The average molecular weight is 386 g/mol. The maximum Gasteiger partial charge on any atom is 0.224 e. The van der Waals surface area contributed by atoms with E-state index in [1.54, 1.807) is 18.6 Å². The molecule has 25 heavy (non-hydrogen) atoms. The Labute approximate surface area is 160 Å². The van der Waals surface area contributed by atoms with Crippen molar-refractivity contribution in [3.63, 3.8) is 0 Å². The van der Waals surface area contributed by atoms with Gasteiger partial charge in [0.25, 0.3) is 0 Å². The molecule has 2 aromatic heterocycles. The summed E-state index contributed by atoms with van der Waals surface area (Å²) in [5.41, 5.74) is 1.89. The van der Waals surface area contributed by atoms with E-state index in [-0.39, 0.29) is 30.7 Å². The fourth-order valence-electron chi connectivity index (χ4n) is 2.92. The number of carbonyl (C=O) groups excluding carboxylic acids is 1. The van der Waals surface area contributed by atoms with E-state index < -0.39 is 0 Å². The molecule has 3 rings (SSSR count). The van der Waals surface area contributed by atoms with Crippen LogP contribution in [0.4, 0.5) is 5.69 Å². The van der Waals surface area contributed by atoms with Crippen molar-refractivity contribution in [3.8, 4) is 0 Å². The number of nitrogens with one attached hydrogen (secondary N) is 2. The first-order valence-corrected chi connectivity index (χ1v) is 8.21. The topological polar surface area (TPSA) is 71.8 Å². The van der Waals surface area contributed by atoms with E-state index in [1.807, 2.05) is 23.0 Å². The van der Waals surface area contributed by atoms with Gasteiger partial charge < -0.3 is 10.6 Å². The summed E-state index contributed by atoms with van der Waals surface area (Å²) in [6.07, 6.45) is 11.0. The SMILES string of the molecule is Cl.Cl.O=C(CCC1CCNCC1)Nc1cnn(Cc2ccncc2)c1. The van der Waals surface area contributed by atoms with Crippen LogP contribution in [-0.4, -0.2) is 33.8 Å². The second-order valence-corrected chi connectivity index (χ2v) is 6.06. The summed E-state index contributed by atoms with van der Waals surface area (Å²) >= 11 is 0. The largest absolute Gasteiger partial charge is 0.323 e. The molecule has 0 bridgehead atoms. The molecule has 1 aliphatic rings. The fourth-order valence-corrected chi connectivity index (χ4v) is 2.92. The van der Waals surface area contributed by atoms with Crippen LogP contribution in [0.3, 0.4) is 0 Å². The lowest BCUT2D eigenvalue weighted by atomic mass is 9.93. The predicted molar refractivity (Wildman–Crippen MR) is 104 cm³/mol. The zero-order valence-electron chi connectivity index (χ0n) is 14.1. The fraction of sp³-hybridized carbons (Fsp3) is 0.471. The number of piperidine rings is 1. The Kier molecular flexibility index (Phi) is 9.49. The second-order valence-electron chi connectivity index (χ2n) is 6.06. The third-order valence-electron chi connectivity index (χ3n) is 4.25. The van der Waals surface area contributed by atoms with Crippen LogP contribution in [0.2, 0.25) is 0 Å². The molecule has 1 fully saturated rings. The average Bonchev–Trinajstić information content (AvgIpc) is 3.02. The molecule has 0 aliphatic carbocycles. The highest BCUT2D eigenvalue weighted by Crippen LogP contribution is 2.18. The smallest absolute Gasteiger partial charge is 0.224 e. The number of pyridine rings is 1. The molecule has 0 atom stereocenters. The molecule has 1 aliphatic heterocycles. The van der Waals surface area contributed by atoms with E-state index in [2.05, 4.69) is 20.7 Å². The normalized spacial score (nSPS) is 14.2. The summed E-state index contributed by atoms with van der Waals surface area (Å²) in [5.74, 6) is 0.753. The number of amides is 1. The molecule has 0 saturated carbocycles. The molecule has 0 radical (unpaired) electrons. The lowest BCUT2D eigenvalue weighted by Gasteiger charge is -2.22. The van der Waals surface area contributed by atoms with Gasteiger partial charge in [-0.3, -0.25) is 14.5 Å². The van der Waals surface area contributed by atoms with Gasteiger partial charge in [-0.15, -0.1) is 24.8 Å². The third-order valence-corrected chi connectivity index (χ3v) is 4.25. The predicted octanol–water partition coefficient (Wildman–Crippen LogP) is 2.89. The number of rotatable bonds is 6. The quantitative estimate of drug-likeness (QED) is 0.801. The van der Waals surface area contributed by atoms with Gasteiger partial charge in [0.1, 0.15) is 0 Å². The van der Waals surface area contributed by atoms with E-state index in [9.17, 15) is 4.79 Å². The molecule has 0 unspecified atom stereocenters. The van der Waals surface area contributed by atoms with Crippen LogP contribution >= 0.6 is 24.8 Å². The number of hydrogen-bond acceptors (Lipinski definition) is 4. The monoisotopic (exact) mass is 385 g/mol. The molecule has 1 saturated heterocycles. The van der Waals surface area contributed by atoms with Crippen molar-refractivity contribution in [2.24, 2.45) is 5.92 Å². The van der Waals surface area contributed by atoms with Gasteiger partial charge in [0, 0.05) is 25.0 Å². The number of halogens is 2. The molecule has 1 amide bonds. The first-order valence-electron chi connectivity index (χ1n) is 8.21. The Morgan fingerprint density at radius 1 is 1.24 bits per heavy atom. The number of carbonyl (C=O) groups is 1. The van der Waals surface area contributed by atoms with Gasteiger partial charge in [-0.05, 0) is 56.0 Å². The Bertz CT molecular complexity index is 629. The van der Waals surface area contributed by atoms with Crippen LogP contribution in [0.15, 0.2) is 36.9 Å². The molecule has 2 aromatic rings.